The highest BCUT2D eigenvalue weighted by atomic mass is 32.2. The Bertz CT molecular complexity index is 1110. The van der Waals surface area contributed by atoms with Gasteiger partial charge in [-0.15, -0.1) is 11.8 Å². The zero-order chi connectivity index (χ0) is 22.9. The first-order valence-corrected chi connectivity index (χ1v) is 13.0. The zero-order valence-corrected chi connectivity index (χ0v) is 20.5. The van der Waals surface area contributed by atoms with Gasteiger partial charge in [-0.05, 0) is 62.6 Å². The van der Waals surface area contributed by atoms with Crippen molar-refractivity contribution in [2.45, 2.75) is 36.9 Å². The predicted molar refractivity (Wildman–Crippen MR) is 136 cm³/mol. The second-order valence-corrected chi connectivity index (χ2v) is 9.14. The third-order valence-corrected chi connectivity index (χ3v) is 6.96. The highest BCUT2D eigenvalue weighted by Crippen LogP contribution is 2.21. The summed E-state index contributed by atoms with van der Waals surface area (Å²) in [6, 6.07) is 15.1. The van der Waals surface area contributed by atoms with E-state index in [2.05, 4.69) is 24.1 Å². The minimum atomic E-state index is -0.120. The first kappa shape index (κ1) is 24.4. The Labute approximate surface area is 197 Å². The van der Waals surface area contributed by atoms with Crippen LogP contribution in [0.4, 0.5) is 5.69 Å². The summed E-state index contributed by atoms with van der Waals surface area (Å²) in [6.07, 6.45) is 2.85. The van der Waals surface area contributed by atoms with Crippen molar-refractivity contribution in [3.05, 3.63) is 58.9 Å². The SMILES string of the molecule is CCN(CC)CCCn1c(SCC(=O)Nc2cccc(SC)c2)nc2ccccc2c1=O. The maximum absolute atomic E-state index is 13.2. The molecule has 1 amide bonds. The Morgan fingerprint density at radius 2 is 1.91 bits per heavy atom. The van der Waals surface area contributed by atoms with Gasteiger partial charge in [-0.1, -0.05) is 43.8 Å². The van der Waals surface area contributed by atoms with Gasteiger partial charge in [-0.25, -0.2) is 4.98 Å². The number of thioether (sulfide) groups is 2. The summed E-state index contributed by atoms with van der Waals surface area (Å²) in [4.78, 5) is 33.9. The van der Waals surface area contributed by atoms with Crippen LogP contribution < -0.4 is 10.9 Å². The number of carbonyl (C=O) groups excluding carboxylic acids is 1. The fraction of sp³-hybridized carbons (Fsp3) is 0.375. The molecule has 0 saturated carbocycles. The van der Waals surface area contributed by atoms with Crippen LogP contribution in [0.15, 0.2) is 63.4 Å². The van der Waals surface area contributed by atoms with Crippen molar-refractivity contribution in [3.63, 3.8) is 0 Å². The molecule has 170 valence electrons. The van der Waals surface area contributed by atoms with Crippen molar-refractivity contribution >= 4 is 46.0 Å². The minimum Gasteiger partial charge on any atom is -0.325 e. The fourth-order valence-corrected chi connectivity index (χ4v) is 4.76. The average molecular weight is 471 g/mol. The van der Waals surface area contributed by atoms with E-state index in [0.29, 0.717) is 22.6 Å². The van der Waals surface area contributed by atoms with E-state index in [1.165, 1.54) is 11.8 Å². The molecule has 3 aromatic rings. The first-order chi connectivity index (χ1) is 15.5. The van der Waals surface area contributed by atoms with Crippen molar-refractivity contribution in [2.75, 3.05) is 37.0 Å². The summed E-state index contributed by atoms with van der Waals surface area (Å²) in [5.74, 6) is 0.0648. The van der Waals surface area contributed by atoms with Gasteiger partial charge in [0.25, 0.3) is 5.56 Å². The molecule has 2 aromatic carbocycles. The number of hydrogen-bond donors (Lipinski definition) is 1. The van der Waals surface area contributed by atoms with Crippen molar-refractivity contribution in [1.82, 2.24) is 14.5 Å². The number of amides is 1. The number of rotatable bonds is 11. The van der Waals surface area contributed by atoms with Crippen molar-refractivity contribution in [3.8, 4) is 0 Å². The molecule has 0 spiro atoms. The molecule has 8 heteroatoms. The van der Waals surface area contributed by atoms with E-state index in [4.69, 9.17) is 4.98 Å². The van der Waals surface area contributed by atoms with Gasteiger partial charge in [-0.2, -0.15) is 0 Å². The Morgan fingerprint density at radius 1 is 1.12 bits per heavy atom. The van der Waals surface area contributed by atoms with Crippen LogP contribution in [0.1, 0.15) is 20.3 Å². The molecule has 0 aliphatic heterocycles. The number of anilines is 1. The second kappa shape index (κ2) is 12.1. The number of carbonyl (C=O) groups is 1. The Morgan fingerprint density at radius 3 is 2.66 bits per heavy atom. The van der Waals surface area contributed by atoms with Crippen LogP contribution in [0, 0.1) is 0 Å². The third kappa shape index (κ3) is 6.37. The van der Waals surface area contributed by atoms with E-state index in [1.54, 1.807) is 16.3 Å². The normalized spacial score (nSPS) is 11.2. The molecule has 0 aliphatic rings. The van der Waals surface area contributed by atoms with Crippen molar-refractivity contribution in [2.24, 2.45) is 0 Å². The molecule has 3 rings (SSSR count). The minimum absolute atomic E-state index is 0.0503. The Balaban J connectivity index is 1.76. The third-order valence-electron chi connectivity index (χ3n) is 5.26. The van der Waals surface area contributed by atoms with E-state index >= 15 is 0 Å². The highest BCUT2D eigenvalue weighted by Gasteiger charge is 2.14. The molecule has 0 saturated heterocycles. The van der Waals surface area contributed by atoms with Crippen LogP contribution in [0.3, 0.4) is 0 Å². The van der Waals surface area contributed by atoms with Gasteiger partial charge >= 0.3 is 0 Å². The summed E-state index contributed by atoms with van der Waals surface area (Å²) in [5.41, 5.74) is 1.38. The monoisotopic (exact) mass is 470 g/mol. The lowest BCUT2D eigenvalue weighted by Crippen LogP contribution is -2.28. The maximum Gasteiger partial charge on any atom is 0.262 e. The largest absolute Gasteiger partial charge is 0.325 e. The molecule has 0 radical (unpaired) electrons. The van der Waals surface area contributed by atoms with E-state index in [1.807, 2.05) is 54.8 Å². The lowest BCUT2D eigenvalue weighted by molar-refractivity contribution is -0.113. The van der Waals surface area contributed by atoms with Crippen LogP contribution in [-0.4, -0.2) is 52.0 Å². The first-order valence-electron chi connectivity index (χ1n) is 10.8. The van der Waals surface area contributed by atoms with Gasteiger partial charge in [0.1, 0.15) is 0 Å². The van der Waals surface area contributed by atoms with Gasteiger partial charge < -0.3 is 10.2 Å². The molecular weight excluding hydrogens is 440 g/mol. The Kier molecular flexibility index (Phi) is 9.20. The molecule has 0 aliphatic carbocycles. The topological polar surface area (TPSA) is 67.2 Å². The number of nitrogens with one attached hydrogen (secondary N) is 1. The molecule has 1 aromatic heterocycles. The van der Waals surface area contributed by atoms with Crippen LogP contribution in [0.2, 0.25) is 0 Å². The van der Waals surface area contributed by atoms with Crippen LogP contribution in [-0.2, 0) is 11.3 Å². The molecule has 0 unspecified atom stereocenters. The molecule has 32 heavy (non-hydrogen) atoms. The van der Waals surface area contributed by atoms with Crippen LogP contribution in [0.5, 0.6) is 0 Å². The van der Waals surface area contributed by atoms with Gasteiger partial charge in [0, 0.05) is 17.1 Å². The van der Waals surface area contributed by atoms with E-state index in [9.17, 15) is 9.59 Å². The smallest absolute Gasteiger partial charge is 0.262 e. The summed E-state index contributed by atoms with van der Waals surface area (Å²) < 4.78 is 1.72. The average Bonchev–Trinajstić information content (AvgIpc) is 2.82. The highest BCUT2D eigenvalue weighted by molar-refractivity contribution is 7.99. The van der Waals surface area contributed by atoms with Gasteiger partial charge in [0.05, 0.1) is 16.7 Å². The van der Waals surface area contributed by atoms with E-state index < -0.39 is 0 Å². The van der Waals surface area contributed by atoms with E-state index in [0.717, 1.165) is 36.6 Å². The van der Waals surface area contributed by atoms with Crippen LogP contribution in [0.25, 0.3) is 10.9 Å². The standard InChI is InChI=1S/C24H30N4O2S2/c1-4-27(5-2)14-9-15-28-23(30)20-12-6-7-13-21(20)26-24(28)32-17-22(29)25-18-10-8-11-19(16-18)31-3/h6-8,10-13,16H,4-5,9,14-15,17H2,1-3H3,(H,25,29). The summed E-state index contributed by atoms with van der Waals surface area (Å²) in [5, 5.41) is 4.13. The van der Waals surface area contributed by atoms with Crippen molar-refractivity contribution < 1.29 is 4.79 Å². The number of hydrogen-bond acceptors (Lipinski definition) is 6. The zero-order valence-electron chi connectivity index (χ0n) is 18.8. The molecular formula is C24H30N4O2S2. The number of aromatic nitrogens is 2. The molecule has 1 N–H and O–H groups in total. The fourth-order valence-electron chi connectivity index (χ4n) is 3.48. The van der Waals surface area contributed by atoms with Gasteiger partial charge in [0.2, 0.25) is 5.91 Å². The van der Waals surface area contributed by atoms with Crippen molar-refractivity contribution in [1.29, 1.82) is 0 Å². The van der Waals surface area contributed by atoms with E-state index in [-0.39, 0.29) is 17.2 Å². The number of para-hydroxylation sites is 1. The molecule has 1 heterocycles. The lowest BCUT2D eigenvalue weighted by atomic mass is 10.2. The predicted octanol–water partition coefficient (Wildman–Crippen LogP) is 4.58. The quantitative estimate of drug-likeness (QED) is 0.327. The summed E-state index contributed by atoms with van der Waals surface area (Å²) in [7, 11) is 0. The second-order valence-electron chi connectivity index (χ2n) is 7.32. The number of fused-ring (bicyclic) bond motifs is 1. The van der Waals surface area contributed by atoms with Crippen LogP contribution >= 0.6 is 23.5 Å². The van der Waals surface area contributed by atoms with Gasteiger partial charge in [0.15, 0.2) is 5.16 Å². The summed E-state index contributed by atoms with van der Waals surface area (Å²) >= 11 is 2.93. The lowest BCUT2D eigenvalue weighted by Gasteiger charge is -2.19. The molecule has 6 nitrogen and oxygen atoms in total. The molecule has 0 fully saturated rings. The molecule has 0 atom stereocenters. The number of nitrogens with zero attached hydrogens (tertiary/aromatic N) is 3. The van der Waals surface area contributed by atoms with Gasteiger partial charge in [-0.3, -0.25) is 14.2 Å². The Hall–Kier alpha value is -2.29. The molecule has 0 bridgehead atoms. The number of benzene rings is 2. The maximum atomic E-state index is 13.2. The summed E-state index contributed by atoms with van der Waals surface area (Å²) in [6.45, 7) is 7.75.